The summed E-state index contributed by atoms with van der Waals surface area (Å²) < 4.78 is 4.93. The van der Waals surface area contributed by atoms with E-state index < -0.39 is 0 Å². The highest BCUT2D eigenvalue weighted by molar-refractivity contribution is 6.04. The second-order valence-corrected chi connectivity index (χ2v) is 3.02. The first kappa shape index (κ1) is 9.19. The number of ether oxygens (including phenoxy) is 1. The summed E-state index contributed by atoms with van der Waals surface area (Å²) in [5, 5.41) is 0. The Morgan fingerprint density at radius 3 is 2.83 bits per heavy atom. The predicted molar refractivity (Wildman–Crippen MR) is 46.2 cm³/mol. The van der Waals surface area contributed by atoms with Crippen molar-refractivity contribution in [2.24, 2.45) is 4.99 Å². The molecule has 1 heterocycles. The van der Waals surface area contributed by atoms with E-state index in [0.29, 0.717) is 6.61 Å². The van der Waals surface area contributed by atoms with Gasteiger partial charge in [-0.15, -0.1) is 0 Å². The van der Waals surface area contributed by atoms with E-state index >= 15 is 0 Å². The normalized spacial score (nSPS) is 17.5. The average molecular weight is 170 g/mol. The number of carbonyl (C=O) groups is 1. The summed E-state index contributed by atoms with van der Waals surface area (Å²) in [5.74, 6) is 0.814. The Morgan fingerprint density at radius 2 is 2.33 bits per heavy atom. The van der Waals surface area contributed by atoms with Gasteiger partial charge >= 0.3 is 0 Å². The number of methoxy groups -OCH3 is 1. The molecule has 0 spiro atoms. The van der Waals surface area contributed by atoms with Gasteiger partial charge in [-0.05, 0) is 13.8 Å². The van der Waals surface area contributed by atoms with Crippen LogP contribution in [0.3, 0.4) is 0 Å². The Morgan fingerprint density at radius 1 is 1.67 bits per heavy atom. The van der Waals surface area contributed by atoms with Gasteiger partial charge in [0.2, 0.25) is 5.91 Å². The standard InChI is InChI=1S/C8H14N2O2/c1-6(2)10-7(5-12-3)9-4-8(10)11/h6H,4-5H2,1-3H3. The monoisotopic (exact) mass is 170 g/mol. The minimum atomic E-state index is 0.0667. The molecule has 0 radical (unpaired) electrons. The third-order valence-electron chi connectivity index (χ3n) is 1.73. The van der Waals surface area contributed by atoms with Crippen molar-refractivity contribution in [3.05, 3.63) is 0 Å². The molecule has 0 N–H and O–H groups in total. The number of nitrogens with zero attached hydrogens (tertiary/aromatic N) is 2. The van der Waals surface area contributed by atoms with Crippen LogP contribution in [-0.2, 0) is 9.53 Å². The van der Waals surface area contributed by atoms with Gasteiger partial charge in [-0.25, -0.2) is 0 Å². The first-order valence-corrected chi connectivity index (χ1v) is 4.01. The highest BCUT2D eigenvalue weighted by atomic mass is 16.5. The summed E-state index contributed by atoms with van der Waals surface area (Å²) in [6, 6.07) is 0.175. The molecule has 0 saturated heterocycles. The van der Waals surface area contributed by atoms with Crippen molar-refractivity contribution in [2.45, 2.75) is 19.9 Å². The van der Waals surface area contributed by atoms with Gasteiger partial charge in [-0.3, -0.25) is 14.7 Å². The first-order chi connectivity index (χ1) is 5.66. The number of hydrogen-bond acceptors (Lipinski definition) is 3. The highest BCUT2D eigenvalue weighted by Gasteiger charge is 2.26. The zero-order chi connectivity index (χ0) is 9.14. The van der Waals surface area contributed by atoms with Crippen molar-refractivity contribution in [1.82, 2.24) is 4.90 Å². The molecule has 68 valence electrons. The second-order valence-electron chi connectivity index (χ2n) is 3.02. The molecular weight excluding hydrogens is 156 g/mol. The van der Waals surface area contributed by atoms with Crippen LogP contribution < -0.4 is 0 Å². The second kappa shape index (κ2) is 3.67. The van der Waals surface area contributed by atoms with Crippen LogP contribution in [0.5, 0.6) is 0 Å². The Bertz CT molecular complexity index is 211. The molecule has 1 amide bonds. The van der Waals surface area contributed by atoms with E-state index in [-0.39, 0.29) is 18.5 Å². The molecule has 0 saturated carbocycles. The molecule has 0 bridgehead atoms. The maximum atomic E-state index is 11.3. The van der Waals surface area contributed by atoms with Gasteiger partial charge in [0.25, 0.3) is 0 Å². The number of amides is 1. The average Bonchev–Trinajstić information content (AvgIpc) is 2.32. The van der Waals surface area contributed by atoms with Crippen LogP contribution in [0.25, 0.3) is 0 Å². The summed E-state index contributed by atoms with van der Waals surface area (Å²) in [4.78, 5) is 17.0. The van der Waals surface area contributed by atoms with Crippen molar-refractivity contribution in [3.8, 4) is 0 Å². The minimum absolute atomic E-state index is 0.0667. The molecule has 1 rings (SSSR count). The quantitative estimate of drug-likeness (QED) is 0.610. The number of rotatable bonds is 3. The maximum absolute atomic E-state index is 11.3. The Balaban J connectivity index is 2.67. The van der Waals surface area contributed by atoms with E-state index in [0.717, 1.165) is 5.84 Å². The van der Waals surface area contributed by atoms with Crippen molar-refractivity contribution < 1.29 is 9.53 Å². The van der Waals surface area contributed by atoms with Crippen LogP contribution in [-0.4, -0.2) is 42.9 Å². The van der Waals surface area contributed by atoms with Crippen LogP contribution >= 0.6 is 0 Å². The predicted octanol–water partition coefficient (Wildman–Crippen LogP) is 0.282. The van der Waals surface area contributed by atoms with Gasteiger partial charge in [-0.1, -0.05) is 0 Å². The first-order valence-electron chi connectivity index (χ1n) is 4.01. The number of hydrogen-bond donors (Lipinski definition) is 0. The fourth-order valence-electron chi connectivity index (χ4n) is 1.29. The third-order valence-corrected chi connectivity index (χ3v) is 1.73. The SMILES string of the molecule is COCC1=NCC(=O)N1C(C)C. The van der Waals surface area contributed by atoms with Gasteiger partial charge in [-0.2, -0.15) is 0 Å². The van der Waals surface area contributed by atoms with E-state index in [4.69, 9.17) is 4.74 Å². The van der Waals surface area contributed by atoms with Crippen LogP contribution in [0.2, 0.25) is 0 Å². The Kier molecular flexibility index (Phi) is 2.81. The maximum Gasteiger partial charge on any atom is 0.249 e. The van der Waals surface area contributed by atoms with Crippen molar-refractivity contribution in [2.75, 3.05) is 20.3 Å². The molecule has 0 unspecified atom stereocenters. The largest absolute Gasteiger partial charge is 0.377 e. The van der Waals surface area contributed by atoms with Crippen LogP contribution in [0.4, 0.5) is 0 Å². The molecule has 4 nitrogen and oxygen atoms in total. The summed E-state index contributed by atoms with van der Waals surface area (Å²) in [6.45, 7) is 4.63. The lowest BCUT2D eigenvalue weighted by Gasteiger charge is -2.21. The number of amidine groups is 1. The molecule has 12 heavy (non-hydrogen) atoms. The van der Waals surface area contributed by atoms with E-state index in [9.17, 15) is 4.79 Å². The molecule has 0 fully saturated rings. The van der Waals surface area contributed by atoms with Crippen LogP contribution in [0.1, 0.15) is 13.8 Å². The van der Waals surface area contributed by atoms with E-state index in [1.54, 1.807) is 12.0 Å². The van der Waals surface area contributed by atoms with Gasteiger partial charge in [0.1, 0.15) is 19.0 Å². The molecule has 0 aliphatic carbocycles. The fraction of sp³-hybridized carbons (Fsp3) is 0.750. The van der Waals surface area contributed by atoms with E-state index in [1.165, 1.54) is 0 Å². The molecule has 1 aliphatic heterocycles. The Hall–Kier alpha value is -0.900. The molecular formula is C8H14N2O2. The van der Waals surface area contributed by atoms with Gasteiger partial charge in [0.15, 0.2) is 0 Å². The van der Waals surface area contributed by atoms with Crippen molar-refractivity contribution in [1.29, 1.82) is 0 Å². The van der Waals surface area contributed by atoms with Gasteiger partial charge in [0.05, 0.1) is 0 Å². The summed E-state index contributed by atoms with van der Waals surface area (Å²) in [7, 11) is 1.60. The van der Waals surface area contributed by atoms with Crippen molar-refractivity contribution in [3.63, 3.8) is 0 Å². The smallest absolute Gasteiger partial charge is 0.249 e. The van der Waals surface area contributed by atoms with Crippen LogP contribution in [0, 0.1) is 0 Å². The molecule has 0 aromatic carbocycles. The summed E-state index contributed by atoms with van der Waals surface area (Å²) in [5.41, 5.74) is 0. The lowest BCUT2D eigenvalue weighted by Crippen LogP contribution is -2.40. The van der Waals surface area contributed by atoms with E-state index in [2.05, 4.69) is 4.99 Å². The van der Waals surface area contributed by atoms with Crippen LogP contribution in [0.15, 0.2) is 4.99 Å². The molecule has 1 aliphatic rings. The minimum Gasteiger partial charge on any atom is -0.377 e. The lowest BCUT2D eigenvalue weighted by molar-refractivity contribution is -0.126. The summed E-state index contributed by atoms with van der Waals surface area (Å²) in [6.07, 6.45) is 0. The molecule has 0 aromatic rings. The number of carbonyl (C=O) groups excluding carboxylic acids is 1. The fourth-order valence-corrected chi connectivity index (χ4v) is 1.29. The van der Waals surface area contributed by atoms with E-state index in [1.807, 2.05) is 13.8 Å². The Labute approximate surface area is 72.2 Å². The molecule has 0 atom stereocenters. The highest BCUT2D eigenvalue weighted by Crippen LogP contribution is 2.08. The van der Waals surface area contributed by atoms with Gasteiger partial charge in [0, 0.05) is 13.2 Å². The zero-order valence-corrected chi connectivity index (χ0v) is 7.70. The zero-order valence-electron chi connectivity index (χ0n) is 7.70. The lowest BCUT2D eigenvalue weighted by atomic mass is 10.3. The van der Waals surface area contributed by atoms with Crippen molar-refractivity contribution >= 4 is 11.7 Å². The number of aliphatic imine (C=N–C) groups is 1. The summed E-state index contributed by atoms with van der Waals surface area (Å²) >= 11 is 0. The topological polar surface area (TPSA) is 41.9 Å². The molecule has 0 aromatic heterocycles. The molecule has 4 heteroatoms. The van der Waals surface area contributed by atoms with Gasteiger partial charge < -0.3 is 4.74 Å². The third kappa shape index (κ3) is 1.64.